The van der Waals surface area contributed by atoms with Gasteiger partial charge in [-0.1, -0.05) is 17.3 Å². The molecule has 0 fully saturated rings. The van der Waals surface area contributed by atoms with Crippen molar-refractivity contribution in [2.45, 2.75) is 32.5 Å². The summed E-state index contributed by atoms with van der Waals surface area (Å²) >= 11 is 0. The fourth-order valence-electron chi connectivity index (χ4n) is 2.60. The molecular formula is C17H16F3N5O2. The van der Waals surface area contributed by atoms with Crippen LogP contribution in [0.2, 0.25) is 0 Å². The molecule has 0 aliphatic heterocycles. The van der Waals surface area contributed by atoms with Crippen LogP contribution in [0.25, 0.3) is 16.9 Å². The second-order valence-corrected chi connectivity index (χ2v) is 5.99. The van der Waals surface area contributed by atoms with Crippen molar-refractivity contribution in [3.05, 3.63) is 47.9 Å². The number of carboxylic acid groups (broad SMARTS) is 1. The lowest BCUT2D eigenvalue weighted by Crippen LogP contribution is -2.13. The van der Waals surface area contributed by atoms with Crippen LogP contribution < -0.4 is 0 Å². The number of carbonyl (C=O) groups is 1. The molecule has 3 rings (SSSR count). The summed E-state index contributed by atoms with van der Waals surface area (Å²) in [6.45, 7) is 1.92. The van der Waals surface area contributed by atoms with E-state index in [1.54, 1.807) is 18.3 Å². The van der Waals surface area contributed by atoms with Gasteiger partial charge in [0.25, 0.3) is 0 Å². The number of aryl methyl sites for hydroxylation is 2. The standard InChI is InChI=1S/C17H16F3N5O2/c1-11-9-15(17(18,19)20)25(22-11)13-6-4-12(5-7-13)14-10-24(23-21-14)8-2-3-16(26)27/h4-7,9-10H,2-3,8H2,1H3,(H,26,27). The molecule has 0 amide bonds. The Morgan fingerprint density at radius 3 is 2.56 bits per heavy atom. The normalized spacial score (nSPS) is 11.7. The number of aliphatic carboxylic acids is 1. The number of hydrogen-bond acceptors (Lipinski definition) is 4. The maximum absolute atomic E-state index is 13.1. The van der Waals surface area contributed by atoms with Gasteiger partial charge in [0.15, 0.2) is 0 Å². The van der Waals surface area contributed by atoms with Crippen LogP contribution in [-0.4, -0.2) is 35.9 Å². The van der Waals surface area contributed by atoms with Crippen LogP contribution in [0, 0.1) is 6.92 Å². The van der Waals surface area contributed by atoms with Gasteiger partial charge in [-0.2, -0.15) is 18.3 Å². The van der Waals surface area contributed by atoms with Crippen LogP contribution in [0.4, 0.5) is 13.2 Å². The molecule has 142 valence electrons. The second kappa shape index (κ2) is 7.22. The van der Waals surface area contributed by atoms with Gasteiger partial charge in [-0.15, -0.1) is 5.10 Å². The van der Waals surface area contributed by atoms with Gasteiger partial charge in [0.1, 0.15) is 11.4 Å². The molecule has 0 spiro atoms. The SMILES string of the molecule is Cc1cc(C(F)(F)F)n(-c2ccc(-c3cn(CCCC(=O)O)nn3)cc2)n1. The van der Waals surface area contributed by atoms with E-state index in [9.17, 15) is 18.0 Å². The van der Waals surface area contributed by atoms with E-state index in [0.717, 1.165) is 10.7 Å². The van der Waals surface area contributed by atoms with Crippen LogP contribution in [0.3, 0.4) is 0 Å². The molecule has 7 nitrogen and oxygen atoms in total. The molecule has 0 saturated carbocycles. The van der Waals surface area contributed by atoms with Crippen LogP contribution in [0.15, 0.2) is 36.5 Å². The zero-order chi connectivity index (χ0) is 19.6. The molecule has 0 radical (unpaired) electrons. The summed E-state index contributed by atoms with van der Waals surface area (Å²) < 4.78 is 41.8. The molecule has 1 N–H and O–H groups in total. The van der Waals surface area contributed by atoms with Gasteiger partial charge in [-0.05, 0) is 31.5 Å². The Bertz CT molecular complexity index is 944. The van der Waals surface area contributed by atoms with Gasteiger partial charge in [-0.25, -0.2) is 4.68 Å². The van der Waals surface area contributed by atoms with Gasteiger partial charge in [0, 0.05) is 18.5 Å². The van der Waals surface area contributed by atoms with E-state index >= 15 is 0 Å². The lowest BCUT2D eigenvalue weighted by Gasteiger charge is -2.10. The number of carboxylic acids is 1. The van der Waals surface area contributed by atoms with Crippen molar-refractivity contribution in [2.24, 2.45) is 0 Å². The first-order valence-corrected chi connectivity index (χ1v) is 8.10. The van der Waals surface area contributed by atoms with Crippen molar-refractivity contribution in [2.75, 3.05) is 0 Å². The average Bonchev–Trinajstić information content (AvgIpc) is 3.21. The smallest absolute Gasteiger partial charge is 0.433 e. The molecule has 0 aliphatic carbocycles. The van der Waals surface area contributed by atoms with Gasteiger partial charge in [0.05, 0.1) is 17.6 Å². The first-order chi connectivity index (χ1) is 12.7. The van der Waals surface area contributed by atoms with E-state index in [1.165, 1.54) is 23.7 Å². The summed E-state index contributed by atoms with van der Waals surface area (Å²) in [6.07, 6.45) is -2.38. The first-order valence-electron chi connectivity index (χ1n) is 8.10. The third-order valence-electron chi connectivity index (χ3n) is 3.85. The maximum Gasteiger partial charge on any atom is 0.433 e. The van der Waals surface area contributed by atoms with Crippen LogP contribution in [0.1, 0.15) is 24.2 Å². The summed E-state index contributed by atoms with van der Waals surface area (Å²) in [7, 11) is 0. The molecule has 1 aromatic carbocycles. The molecule has 27 heavy (non-hydrogen) atoms. The van der Waals surface area contributed by atoms with Crippen molar-refractivity contribution in [1.82, 2.24) is 24.8 Å². The van der Waals surface area contributed by atoms with Crippen LogP contribution in [-0.2, 0) is 17.5 Å². The average molecular weight is 379 g/mol. The number of benzene rings is 1. The first kappa shape index (κ1) is 18.6. The lowest BCUT2D eigenvalue weighted by atomic mass is 10.1. The number of rotatable bonds is 6. The summed E-state index contributed by atoms with van der Waals surface area (Å²) in [5, 5.41) is 20.5. The molecule has 0 aliphatic rings. The van der Waals surface area contributed by atoms with Crippen LogP contribution in [0.5, 0.6) is 0 Å². The Kier molecular flexibility index (Phi) is 4.98. The van der Waals surface area contributed by atoms with Crippen molar-refractivity contribution in [1.29, 1.82) is 0 Å². The van der Waals surface area contributed by atoms with Gasteiger partial charge < -0.3 is 5.11 Å². The minimum absolute atomic E-state index is 0.0364. The predicted molar refractivity (Wildman–Crippen MR) is 89.2 cm³/mol. The number of nitrogens with zero attached hydrogens (tertiary/aromatic N) is 5. The highest BCUT2D eigenvalue weighted by Crippen LogP contribution is 2.31. The van der Waals surface area contributed by atoms with Crippen molar-refractivity contribution < 1.29 is 23.1 Å². The monoisotopic (exact) mass is 379 g/mol. The third kappa shape index (κ3) is 4.33. The Labute approximate surface area is 152 Å². The Hall–Kier alpha value is -3.17. The van der Waals surface area contributed by atoms with E-state index in [1.807, 2.05) is 0 Å². The van der Waals surface area contributed by atoms with E-state index in [4.69, 9.17) is 5.11 Å². The molecule has 10 heteroatoms. The number of aromatic nitrogens is 5. The van der Waals surface area contributed by atoms with Crippen molar-refractivity contribution in [3.63, 3.8) is 0 Å². The van der Waals surface area contributed by atoms with E-state index in [-0.39, 0.29) is 17.8 Å². The molecule has 0 bridgehead atoms. The number of alkyl halides is 3. The highest BCUT2D eigenvalue weighted by molar-refractivity contribution is 5.66. The molecule has 0 unspecified atom stereocenters. The topological polar surface area (TPSA) is 85.8 Å². The summed E-state index contributed by atoms with van der Waals surface area (Å²) in [4.78, 5) is 10.5. The molecule has 2 heterocycles. The molecule has 0 saturated heterocycles. The van der Waals surface area contributed by atoms with Gasteiger partial charge >= 0.3 is 12.1 Å². The van der Waals surface area contributed by atoms with Crippen molar-refractivity contribution in [3.8, 4) is 16.9 Å². The highest BCUT2D eigenvalue weighted by atomic mass is 19.4. The summed E-state index contributed by atoms with van der Waals surface area (Å²) in [6, 6.07) is 7.33. The second-order valence-electron chi connectivity index (χ2n) is 5.99. The quantitative estimate of drug-likeness (QED) is 0.710. The number of halogens is 3. The fourth-order valence-corrected chi connectivity index (χ4v) is 2.60. The molecule has 3 aromatic rings. The fraction of sp³-hybridized carbons (Fsp3) is 0.294. The Morgan fingerprint density at radius 2 is 1.93 bits per heavy atom. The van der Waals surface area contributed by atoms with E-state index in [2.05, 4.69) is 15.4 Å². The molecular weight excluding hydrogens is 363 g/mol. The zero-order valence-electron chi connectivity index (χ0n) is 14.3. The predicted octanol–water partition coefficient (Wildman–Crippen LogP) is 3.32. The maximum atomic E-state index is 13.1. The number of hydrogen-bond donors (Lipinski definition) is 1. The lowest BCUT2D eigenvalue weighted by molar-refractivity contribution is -0.143. The highest BCUT2D eigenvalue weighted by Gasteiger charge is 2.35. The molecule has 2 aromatic heterocycles. The van der Waals surface area contributed by atoms with E-state index in [0.29, 0.717) is 24.2 Å². The van der Waals surface area contributed by atoms with Crippen molar-refractivity contribution >= 4 is 5.97 Å². The Morgan fingerprint density at radius 1 is 1.22 bits per heavy atom. The minimum Gasteiger partial charge on any atom is -0.481 e. The summed E-state index contributed by atoms with van der Waals surface area (Å²) in [5.41, 5.74) is 0.950. The summed E-state index contributed by atoms with van der Waals surface area (Å²) in [5.74, 6) is -0.877. The van der Waals surface area contributed by atoms with E-state index < -0.39 is 17.8 Å². The third-order valence-corrected chi connectivity index (χ3v) is 3.85. The zero-order valence-corrected chi connectivity index (χ0v) is 14.3. The minimum atomic E-state index is -4.50. The largest absolute Gasteiger partial charge is 0.481 e. The molecule has 0 atom stereocenters. The Balaban J connectivity index is 1.79. The van der Waals surface area contributed by atoms with Gasteiger partial charge in [-0.3, -0.25) is 9.48 Å². The van der Waals surface area contributed by atoms with Gasteiger partial charge in [0.2, 0.25) is 0 Å². The van der Waals surface area contributed by atoms with Crippen LogP contribution >= 0.6 is 0 Å².